The number of aromatic nitrogens is 1. The first-order valence-electron chi connectivity index (χ1n) is 9.40. The van der Waals surface area contributed by atoms with E-state index in [1.807, 2.05) is 12.3 Å². The van der Waals surface area contributed by atoms with Gasteiger partial charge in [0.1, 0.15) is 5.82 Å². The fraction of sp³-hybridized carbons (Fsp3) is 0.737. The van der Waals surface area contributed by atoms with Crippen LogP contribution in [0.15, 0.2) is 24.4 Å². The highest BCUT2D eigenvalue weighted by Gasteiger charge is 2.23. The minimum atomic E-state index is -0.0367. The molecule has 0 amide bonds. The molecule has 1 aliphatic carbocycles. The van der Waals surface area contributed by atoms with Gasteiger partial charge in [-0.2, -0.15) is 0 Å². The van der Waals surface area contributed by atoms with E-state index in [0.29, 0.717) is 12.0 Å². The topological polar surface area (TPSA) is 48.4 Å². The molecule has 2 atom stereocenters. The molecule has 1 aromatic heterocycles. The molecule has 2 aliphatic rings. The maximum atomic E-state index is 10.0. The Morgan fingerprint density at radius 1 is 1.13 bits per heavy atom. The highest BCUT2D eigenvalue weighted by atomic mass is 16.3. The first kappa shape index (κ1) is 16.7. The second kappa shape index (κ2) is 8.65. The third kappa shape index (κ3) is 4.92. The monoisotopic (exact) mass is 317 g/mol. The smallest absolute Gasteiger partial charge is 0.128 e. The molecule has 0 aromatic carbocycles. The molecule has 2 fully saturated rings. The van der Waals surface area contributed by atoms with Crippen molar-refractivity contribution in [2.24, 2.45) is 5.92 Å². The Hall–Kier alpha value is -1.13. The molecular formula is C19H31N3O. The average Bonchev–Trinajstić information content (AvgIpc) is 2.61. The van der Waals surface area contributed by atoms with Crippen LogP contribution < -0.4 is 10.2 Å². The van der Waals surface area contributed by atoms with Gasteiger partial charge in [0.2, 0.25) is 0 Å². The van der Waals surface area contributed by atoms with E-state index in [1.54, 1.807) is 0 Å². The van der Waals surface area contributed by atoms with Crippen molar-refractivity contribution in [2.45, 2.75) is 63.5 Å². The van der Waals surface area contributed by atoms with Crippen LogP contribution in [0, 0.1) is 5.92 Å². The molecule has 1 aromatic rings. The number of anilines is 1. The Morgan fingerprint density at radius 3 is 2.70 bits per heavy atom. The highest BCUT2D eigenvalue weighted by Crippen LogP contribution is 2.27. The van der Waals surface area contributed by atoms with Crippen LogP contribution in [-0.2, 0) is 0 Å². The van der Waals surface area contributed by atoms with Crippen LogP contribution in [0.1, 0.15) is 51.4 Å². The van der Waals surface area contributed by atoms with Gasteiger partial charge in [0.15, 0.2) is 0 Å². The number of hydrogen-bond donors (Lipinski definition) is 2. The SMILES string of the molecule is OC1CCCCC1CCCNC1CCN(c2ccccn2)CC1. The Kier molecular flexibility index (Phi) is 6.29. The molecule has 1 saturated heterocycles. The van der Waals surface area contributed by atoms with E-state index in [0.717, 1.165) is 31.9 Å². The number of nitrogens with zero attached hydrogens (tertiary/aromatic N) is 2. The Balaban J connectivity index is 1.30. The van der Waals surface area contributed by atoms with Crippen LogP contribution in [-0.4, -0.2) is 41.9 Å². The third-order valence-electron chi connectivity index (χ3n) is 5.52. The summed E-state index contributed by atoms with van der Waals surface area (Å²) in [4.78, 5) is 6.83. The van der Waals surface area contributed by atoms with Gasteiger partial charge < -0.3 is 15.3 Å². The average molecular weight is 317 g/mol. The molecular weight excluding hydrogens is 286 g/mol. The zero-order valence-electron chi connectivity index (χ0n) is 14.2. The predicted octanol–water partition coefficient (Wildman–Crippen LogP) is 2.97. The normalized spacial score (nSPS) is 26.4. The first-order chi connectivity index (χ1) is 11.3. The van der Waals surface area contributed by atoms with E-state index in [1.165, 1.54) is 44.9 Å². The second-order valence-electron chi connectivity index (χ2n) is 7.16. The maximum absolute atomic E-state index is 10.0. The van der Waals surface area contributed by atoms with Crippen LogP contribution in [0.3, 0.4) is 0 Å². The molecule has 2 unspecified atom stereocenters. The van der Waals surface area contributed by atoms with Gasteiger partial charge in [-0.3, -0.25) is 0 Å². The third-order valence-corrected chi connectivity index (χ3v) is 5.52. The summed E-state index contributed by atoms with van der Waals surface area (Å²) in [6.45, 7) is 3.28. The van der Waals surface area contributed by atoms with Crippen molar-refractivity contribution >= 4 is 5.82 Å². The summed E-state index contributed by atoms with van der Waals surface area (Å²) in [5, 5.41) is 13.7. The lowest BCUT2D eigenvalue weighted by atomic mass is 9.83. The van der Waals surface area contributed by atoms with Crippen LogP contribution in [0.5, 0.6) is 0 Å². The number of nitrogens with one attached hydrogen (secondary N) is 1. The Labute approximate surface area is 140 Å². The number of aliphatic hydroxyl groups is 1. The Morgan fingerprint density at radius 2 is 1.96 bits per heavy atom. The number of pyridine rings is 1. The van der Waals surface area contributed by atoms with Crippen molar-refractivity contribution in [1.29, 1.82) is 0 Å². The van der Waals surface area contributed by atoms with Gasteiger partial charge in [0.25, 0.3) is 0 Å². The zero-order chi connectivity index (χ0) is 15.9. The predicted molar refractivity (Wildman–Crippen MR) is 94.7 cm³/mol. The van der Waals surface area contributed by atoms with Gasteiger partial charge in [0, 0.05) is 25.3 Å². The fourth-order valence-electron chi connectivity index (χ4n) is 4.05. The van der Waals surface area contributed by atoms with Crippen LogP contribution >= 0.6 is 0 Å². The van der Waals surface area contributed by atoms with E-state index in [9.17, 15) is 5.11 Å². The molecule has 2 heterocycles. The summed E-state index contributed by atoms with van der Waals surface area (Å²) in [6.07, 6.45) is 11.4. The molecule has 23 heavy (non-hydrogen) atoms. The van der Waals surface area contributed by atoms with Crippen LogP contribution in [0.25, 0.3) is 0 Å². The van der Waals surface area contributed by atoms with Crippen LogP contribution in [0.4, 0.5) is 5.82 Å². The Bertz CT molecular complexity index is 445. The second-order valence-corrected chi connectivity index (χ2v) is 7.16. The van der Waals surface area contributed by atoms with Gasteiger partial charge >= 0.3 is 0 Å². The van der Waals surface area contributed by atoms with E-state index >= 15 is 0 Å². The highest BCUT2D eigenvalue weighted by molar-refractivity contribution is 5.38. The molecule has 3 rings (SSSR count). The summed E-state index contributed by atoms with van der Waals surface area (Å²) < 4.78 is 0. The molecule has 4 nitrogen and oxygen atoms in total. The lowest BCUT2D eigenvalue weighted by Gasteiger charge is -2.33. The van der Waals surface area contributed by atoms with Crippen molar-refractivity contribution in [2.75, 3.05) is 24.5 Å². The zero-order valence-corrected chi connectivity index (χ0v) is 14.2. The standard InChI is InChI=1S/C19H31N3O/c23-18-8-2-1-6-16(18)7-5-13-20-17-10-14-22(15-11-17)19-9-3-4-12-21-19/h3-4,9,12,16-18,20,23H,1-2,5-8,10-11,13-15H2. The minimum Gasteiger partial charge on any atom is -0.393 e. The quantitative estimate of drug-likeness (QED) is 0.792. The number of aliphatic hydroxyl groups excluding tert-OH is 1. The van der Waals surface area contributed by atoms with Crippen molar-refractivity contribution in [1.82, 2.24) is 10.3 Å². The van der Waals surface area contributed by atoms with E-state index < -0.39 is 0 Å². The summed E-state index contributed by atoms with van der Waals surface area (Å²) in [6, 6.07) is 6.78. The number of piperidine rings is 1. The van der Waals surface area contributed by atoms with E-state index in [4.69, 9.17) is 0 Å². The summed E-state index contributed by atoms with van der Waals surface area (Å²) in [5.74, 6) is 1.66. The van der Waals surface area contributed by atoms with E-state index in [-0.39, 0.29) is 6.10 Å². The van der Waals surface area contributed by atoms with Gasteiger partial charge in [-0.15, -0.1) is 0 Å². The largest absolute Gasteiger partial charge is 0.393 e. The molecule has 1 saturated carbocycles. The first-order valence-corrected chi connectivity index (χ1v) is 9.40. The van der Waals surface area contributed by atoms with Gasteiger partial charge in [-0.05, 0) is 63.1 Å². The molecule has 1 aliphatic heterocycles. The lowest BCUT2D eigenvalue weighted by molar-refractivity contribution is 0.0642. The molecule has 2 N–H and O–H groups in total. The van der Waals surface area contributed by atoms with Gasteiger partial charge in [0.05, 0.1) is 6.10 Å². The molecule has 128 valence electrons. The van der Waals surface area contributed by atoms with Gasteiger partial charge in [-0.25, -0.2) is 4.98 Å². The molecule has 0 radical (unpaired) electrons. The molecule has 0 spiro atoms. The number of rotatable bonds is 6. The molecule has 4 heteroatoms. The minimum absolute atomic E-state index is 0.0367. The summed E-state index contributed by atoms with van der Waals surface area (Å²) >= 11 is 0. The lowest BCUT2D eigenvalue weighted by Crippen LogP contribution is -2.43. The molecule has 0 bridgehead atoms. The summed E-state index contributed by atoms with van der Waals surface area (Å²) in [5.41, 5.74) is 0. The maximum Gasteiger partial charge on any atom is 0.128 e. The van der Waals surface area contributed by atoms with Crippen LogP contribution in [0.2, 0.25) is 0 Å². The summed E-state index contributed by atoms with van der Waals surface area (Å²) in [7, 11) is 0. The van der Waals surface area contributed by atoms with Gasteiger partial charge in [-0.1, -0.05) is 18.9 Å². The van der Waals surface area contributed by atoms with Crippen molar-refractivity contribution in [3.05, 3.63) is 24.4 Å². The van der Waals surface area contributed by atoms with E-state index in [2.05, 4.69) is 27.3 Å². The van der Waals surface area contributed by atoms with Crippen molar-refractivity contribution in [3.8, 4) is 0 Å². The fourth-order valence-corrected chi connectivity index (χ4v) is 4.05. The van der Waals surface area contributed by atoms with Crippen molar-refractivity contribution < 1.29 is 5.11 Å². The number of hydrogen-bond acceptors (Lipinski definition) is 4. The van der Waals surface area contributed by atoms with Crippen molar-refractivity contribution in [3.63, 3.8) is 0 Å².